The first kappa shape index (κ1) is 14.7. The van der Waals surface area contributed by atoms with Gasteiger partial charge in [-0.15, -0.1) is 0 Å². The van der Waals surface area contributed by atoms with Crippen molar-refractivity contribution in [1.82, 2.24) is 19.7 Å². The summed E-state index contributed by atoms with van der Waals surface area (Å²) in [5, 5.41) is 13.0. The molecule has 0 aliphatic heterocycles. The van der Waals surface area contributed by atoms with E-state index in [0.29, 0.717) is 18.5 Å². The molecule has 0 radical (unpaired) electrons. The summed E-state index contributed by atoms with van der Waals surface area (Å²) in [6, 6.07) is 3.58. The molecule has 110 valence electrons. The van der Waals surface area contributed by atoms with Crippen LogP contribution in [0.2, 0.25) is 0 Å². The highest BCUT2D eigenvalue weighted by Gasteiger charge is 2.19. The van der Waals surface area contributed by atoms with Crippen LogP contribution < -0.4 is 0 Å². The van der Waals surface area contributed by atoms with Gasteiger partial charge in [0.05, 0.1) is 23.6 Å². The van der Waals surface area contributed by atoms with Crippen molar-refractivity contribution in [2.45, 2.75) is 13.3 Å². The summed E-state index contributed by atoms with van der Waals surface area (Å²) in [4.78, 5) is 28.4. The summed E-state index contributed by atoms with van der Waals surface area (Å²) in [5.74, 6) is -1.37. The highest BCUT2D eigenvalue weighted by molar-refractivity contribution is 5.95. The molecule has 0 aliphatic rings. The molecule has 2 heterocycles. The second-order valence-corrected chi connectivity index (χ2v) is 4.51. The van der Waals surface area contributed by atoms with Gasteiger partial charge in [-0.2, -0.15) is 5.10 Å². The summed E-state index contributed by atoms with van der Waals surface area (Å²) in [6.45, 7) is 1.97. The van der Waals surface area contributed by atoms with Crippen LogP contribution >= 0.6 is 0 Å². The topological polar surface area (TPSA) is 88.3 Å². The zero-order valence-corrected chi connectivity index (χ0v) is 11.6. The Morgan fingerprint density at radius 3 is 2.81 bits per heavy atom. The Labute approximate surface area is 121 Å². The van der Waals surface area contributed by atoms with Gasteiger partial charge in [0.25, 0.3) is 5.91 Å². The summed E-state index contributed by atoms with van der Waals surface area (Å²) in [5.41, 5.74) is 1.09. The third-order valence-corrected chi connectivity index (χ3v) is 2.85. The van der Waals surface area contributed by atoms with E-state index in [4.69, 9.17) is 5.11 Å². The molecule has 0 spiro atoms. The van der Waals surface area contributed by atoms with E-state index in [9.17, 15) is 9.59 Å². The lowest BCUT2D eigenvalue weighted by Gasteiger charge is -2.18. The summed E-state index contributed by atoms with van der Waals surface area (Å²) in [6.07, 6.45) is 6.97. The van der Waals surface area contributed by atoms with E-state index in [1.54, 1.807) is 24.7 Å². The maximum Gasteiger partial charge on any atom is 0.323 e. The van der Waals surface area contributed by atoms with Crippen LogP contribution in [0.5, 0.6) is 0 Å². The molecule has 0 atom stereocenters. The number of carboxylic acids is 1. The summed E-state index contributed by atoms with van der Waals surface area (Å²) < 4.78 is 1.53. The van der Waals surface area contributed by atoms with Gasteiger partial charge in [0.15, 0.2) is 0 Å². The summed E-state index contributed by atoms with van der Waals surface area (Å²) >= 11 is 0. The number of nitrogens with zero attached hydrogens (tertiary/aromatic N) is 4. The highest BCUT2D eigenvalue weighted by Crippen LogP contribution is 2.09. The van der Waals surface area contributed by atoms with Gasteiger partial charge in [-0.3, -0.25) is 14.6 Å². The maximum atomic E-state index is 12.3. The molecule has 2 rings (SSSR count). The number of aliphatic carboxylic acids is 1. The number of carbonyl (C=O) groups is 2. The van der Waals surface area contributed by atoms with Gasteiger partial charge in [0.1, 0.15) is 6.54 Å². The molecule has 0 aliphatic carbocycles. The molecule has 1 N–H and O–H groups in total. The van der Waals surface area contributed by atoms with Crippen molar-refractivity contribution in [2.24, 2.45) is 0 Å². The number of carboxylic acid groups (broad SMARTS) is 1. The monoisotopic (exact) mass is 288 g/mol. The van der Waals surface area contributed by atoms with E-state index in [-0.39, 0.29) is 12.5 Å². The van der Waals surface area contributed by atoms with Gasteiger partial charge < -0.3 is 10.0 Å². The van der Waals surface area contributed by atoms with Crippen LogP contribution in [0, 0.1) is 0 Å². The Kier molecular flexibility index (Phi) is 4.65. The van der Waals surface area contributed by atoms with Crippen molar-refractivity contribution >= 4 is 11.9 Å². The van der Waals surface area contributed by atoms with Crippen LogP contribution in [-0.4, -0.2) is 49.7 Å². The first-order valence-corrected chi connectivity index (χ1v) is 6.58. The van der Waals surface area contributed by atoms with Crippen molar-refractivity contribution in [3.63, 3.8) is 0 Å². The minimum Gasteiger partial charge on any atom is -0.480 e. The number of aromatic nitrogens is 3. The Hall–Kier alpha value is -2.70. The van der Waals surface area contributed by atoms with E-state index in [1.165, 1.54) is 15.8 Å². The van der Waals surface area contributed by atoms with E-state index in [2.05, 4.69) is 10.1 Å². The molecule has 0 aromatic carbocycles. The zero-order chi connectivity index (χ0) is 15.2. The number of hydrogen-bond donors (Lipinski definition) is 1. The number of amides is 1. The fourth-order valence-corrected chi connectivity index (χ4v) is 1.93. The molecular formula is C14H16N4O3. The minimum atomic E-state index is -1.03. The molecule has 0 saturated carbocycles. The standard InChI is InChI=1S/C14H16N4O3/c1-2-6-17(10-13(19)20)14(21)11-7-16-18(9-11)12-4-3-5-15-8-12/h3-5,7-9H,2,6,10H2,1H3,(H,19,20). The van der Waals surface area contributed by atoms with Crippen LogP contribution in [0.3, 0.4) is 0 Å². The quantitative estimate of drug-likeness (QED) is 0.863. The van der Waals surface area contributed by atoms with E-state index < -0.39 is 5.97 Å². The molecule has 0 bridgehead atoms. The summed E-state index contributed by atoms with van der Waals surface area (Å²) in [7, 11) is 0. The molecule has 21 heavy (non-hydrogen) atoms. The lowest BCUT2D eigenvalue weighted by Crippen LogP contribution is -2.36. The first-order chi connectivity index (χ1) is 10.1. The molecule has 1 amide bonds. The third kappa shape index (κ3) is 3.65. The van der Waals surface area contributed by atoms with Gasteiger partial charge in [-0.05, 0) is 18.6 Å². The van der Waals surface area contributed by atoms with Crippen LogP contribution in [-0.2, 0) is 4.79 Å². The lowest BCUT2D eigenvalue weighted by atomic mass is 10.3. The number of hydrogen-bond acceptors (Lipinski definition) is 4. The van der Waals surface area contributed by atoms with Crippen LogP contribution in [0.15, 0.2) is 36.9 Å². The first-order valence-electron chi connectivity index (χ1n) is 6.58. The molecule has 7 nitrogen and oxygen atoms in total. The normalized spacial score (nSPS) is 10.3. The van der Waals surface area contributed by atoms with Crippen LogP contribution in [0.25, 0.3) is 5.69 Å². The molecule has 2 aromatic heterocycles. The van der Waals surface area contributed by atoms with Crippen molar-refractivity contribution in [2.75, 3.05) is 13.1 Å². The second kappa shape index (κ2) is 6.65. The molecule has 0 saturated heterocycles. The SMILES string of the molecule is CCCN(CC(=O)O)C(=O)c1cnn(-c2cccnc2)c1. The van der Waals surface area contributed by atoms with Crippen molar-refractivity contribution in [3.8, 4) is 5.69 Å². The third-order valence-electron chi connectivity index (χ3n) is 2.85. The molecule has 0 unspecified atom stereocenters. The average Bonchev–Trinajstić information content (AvgIpc) is 2.96. The second-order valence-electron chi connectivity index (χ2n) is 4.51. The molecule has 2 aromatic rings. The average molecular weight is 288 g/mol. The Morgan fingerprint density at radius 2 is 2.19 bits per heavy atom. The fraction of sp³-hybridized carbons (Fsp3) is 0.286. The molecular weight excluding hydrogens is 272 g/mol. The predicted molar refractivity (Wildman–Crippen MR) is 75.2 cm³/mol. The van der Waals surface area contributed by atoms with Crippen LogP contribution in [0.1, 0.15) is 23.7 Å². The van der Waals surface area contributed by atoms with E-state index in [1.807, 2.05) is 13.0 Å². The van der Waals surface area contributed by atoms with Gasteiger partial charge >= 0.3 is 5.97 Å². The molecule has 7 heteroatoms. The van der Waals surface area contributed by atoms with Crippen molar-refractivity contribution in [3.05, 3.63) is 42.5 Å². The number of pyridine rings is 1. The van der Waals surface area contributed by atoms with Crippen molar-refractivity contribution in [1.29, 1.82) is 0 Å². The number of rotatable bonds is 6. The fourth-order valence-electron chi connectivity index (χ4n) is 1.93. The van der Waals surface area contributed by atoms with E-state index in [0.717, 1.165) is 5.69 Å². The molecule has 0 fully saturated rings. The van der Waals surface area contributed by atoms with Crippen LogP contribution in [0.4, 0.5) is 0 Å². The minimum absolute atomic E-state index is 0.315. The lowest BCUT2D eigenvalue weighted by molar-refractivity contribution is -0.137. The smallest absolute Gasteiger partial charge is 0.323 e. The predicted octanol–water partition coefficient (Wildman–Crippen LogP) is 1.20. The Balaban J connectivity index is 2.19. The Bertz CT molecular complexity index is 624. The van der Waals surface area contributed by atoms with Crippen molar-refractivity contribution < 1.29 is 14.7 Å². The van der Waals surface area contributed by atoms with Gasteiger partial charge in [0, 0.05) is 18.9 Å². The van der Waals surface area contributed by atoms with Gasteiger partial charge in [0.2, 0.25) is 0 Å². The zero-order valence-electron chi connectivity index (χ0n) is 11.6. The highest BCUT2D eigenvalue weighted by atomic mass is 16.4. The largest absolute Gasteiger partial charge is 0.480 e. The Morgan fingerprint density at radius 1 is 1.38 bits per heavy atom. The number of carbonyl (C=O) groups excluding carboxylic acids is 1. The van der Waals surface area contributed by atoms with Gasteiger partial charge in [-0.25, -0.2) is 4.68 Å². The van der Waals surface area contributed by atoms with E-state index >= 15 is 0 Å². The van der Waals surface area contributed by atoms with Gasteiger partial charge in [-0.1, -0.05) is 6.92 Å². The maximum absolute atomic E-state index is 12.3.